The Bertz CT molecular complexity index is 1100. The maximum Gasteiger partial charge on any atom is 0.263 e. The first kappa shape index (κ1) is 24.2. The van der Waals surface area contributed by atoms with E-state index in [1.165, 1.54) is 5.56 Å². The number of ether oxygens (including phenoxy) is 2. The molecule has 0 spiro atoms. The van der Waals surface area contributed by atoms with Crippen LogP contribution in [-0.2, 0) is 22.5 Å². The summed E-state index contributed by atoms with van der Waals surface area (Å²) in [7, 11) is 0. The maximum atomic E-state index is 13.0. The molecule has 0 atom stereocenters. The van der Waals surface area contributed by atoms with Crippen LogP contribution in [-0.4, -0.2) is 64.0 Å². The van der Waals surface area contributed by atoms with Crippen molar-refractivity contribution in [2.75, 3.05) is 32.8 Å². The Morgan fingerprint density at radius 2 is 2.00 bits per heavy atom. The molecule has 0 radical (unpaired) electrons. The van der Waals surface area contributed by atoms with Crippen molar-refractivity contribution >= 4 is 16.8 Å². The fourth-order valence-electron chi connectivity index (χ4n) is 4.10. The summed E-state index contributed by atoms with van der Waals surface area (Å²) in [5.41, 5.74) is 2.06. The normalized spacial score (nSPS) is 15.1. The number of carbonyl (C=O) groups excluding carboxylic acids is 1. The average molecular weight is 466 g/mol. The lowest BCUT2D eigenvalue weighted by atomic mass is 10.1. The molecule has 1 amide bonds. The van der Waals surface area contributed by atoms with E-state index in [-0.39, 0.29) is 11.9 Å². The molecule has 8 nitrogen and oxygen atoms in total. The molecule has 1 N–H and O–H groups in total. The Hall–Kier alpha value is -2.97. The number of hydrogen-bond acceptors (Lipinski definition) is 6. The number of aromatic nitrogens is 3. The van der Waals surface area contributed by atoms with E-state index in [0.29, 0.717) is 18.8 Å². The van der Waals surface area contributed by atoms with Crippen LogP contribution < -0.4 is 10.1 Å². The van der Waals surface area contributed by atoms with Gasteiger partial charge in [-0.2, -0.15) is 0 Å². The third-order valence-corrected chi connectivity index (χ3v) is 6.03. The van der Waals surface area contributed by atoms with E-state index in [0.717, 1.165) is 49.4 Å². The third kappa shape index (κ3) is 5.74. The second kappa shape index (κ2) is 10.5. The number of hydrogen-bond donors (Lipinski definition) is 1. The minimum absolute atomic E-state index is 0.167. The molecule has 4 rings (SSSR count). The van der Waals surface area contributed by atoms with Crippen LogP contribution in [0.4, 0.5) is 0 Å². The van der Waals surface area contributed by atoms with Crippen LogP contribution in [0.2, 0.25) is 0 Å². The van der Waals surface area contributed by atoms with Gasteiger partial charge < -0.3 is 14.8 Å². The quantitative estimate of drug-likeness (QED) is 0.522. The van der Waals surface area contributed by atoms with Crippen molar-refractivity contribution in [3.05, 3.63) is 53.9 Å². The Morgan fingerprint density at radius 1 is 1.21 bits per heavy atom. The summed E-state index contributed by atoms with van der Waals surface area (Å²) < 4.78 is 13.7. The fourth-order valence-corrected chi connectivity index (χ4v) is 4.10. The van der Waals surface area contributed by atoms with Crippen molar-refractivity contribution in [3.63, 3.8) is 0 Å². The molecule has 3 aromatic rings. The molecule has 2 aromatic heterocycles. The summed E-state index contributed by atoms with van der Waals surface area (Å²) in [6.45, 7) is 12.5. The molecule has 1 aliphatic rings. The number of morpholine rings is 1. The van der Waals surface area contributed by atoms with Gasteiger partial charge in [0.05, 0.1) is 24.1 Å². The highest BCUT2D eigenvalue weighted by Gasteiger charge is 2.32. The predicted octanol–water partition coefficient (Wildman–Crippen LogP) is 3.36. The molecular formula is C26H35N5O3. The van der Waals surface area contributed by atoms with Crippen molar-refractivity contribution in [2.45, 2.75) is 52.3 Å². The first-order valence-corrected chi connectivity index (χ1v) is 12.0. The van der Waals surface area contributed by atoms with E-state index in [9.17, 15) is 4.79 Å². The zero-order valence-electron chi connectivity index (χ0n) is 20.6. The fraction of sp³-hybridized carbons (Fsp3) is 0.500. The zero-order valence-corrected chi connectivity index (χ0v) is 20.6. The van der Waals surface area contributed by atoms with Crippen LogP contribution in [0.15, 0.2) is 42.6 Å². The smallest absolute Gasteiger partial charge is 0.263 e. The predicted molar refractivity (Wildman–Crippen MR) is 132 cm³/mol. The number of amides is 1. The largest absolute Gasteiger partial charge is 0.460 e. The van der Waals surface area contributed by atoms with Gasteiger partial charge in [-0.1, -0.05) is 12.1 Å². The lowest BCUT2D eigenvalue weighted by Crippen LogP contribution is -2.47. The summed E-state index contributed by atoms with van der Waals surface area (Å²) in [5, 5.41) is 8.65. The number of nitrogens with zero attached hydrogens (tertiary/aromatic N) is 4. The molecule has 3 heterocycles. The molecular weight excluding hydrogens is 430 g/mol. The Morgan fingerprint density at radius 3 is 2.71 bits per heavy atom. The molecule has 0 saturated carbocycles. The molecule has 182 valence electrons. The summed E-state index contributed by atoms with van der Waals surface area (Å²) in [6, 6.07) is 12.3. The van der Waals surface area contributed by atoms with E-state index in [1.54, 1.807) is 20.0 Å². The van der Waals surface area contributed by atoms with Crippen molar-refractivity contribution in [1.29, 1.82) is 0 Å². The van der Waals surface area contributed by atoms with E-state index in [1.807, 2.05) is 22.9 Å². The van der Waals surface area contributed by atoms with Crippen molar-refractivity contribution in [2.24, 2.45) is 0 Å². The lowest BCUT2D eigenvalue weighted by molar-refractivity contribution is -0.134. The molecule has 1 saturated heterocycles. The molecule has 34 heavy (non-hydrogen) atoms. The number of benzene rings is 1. The van der Waals surface area contributed by atoms with E-state index in [2.05, 4.69) is 47.2 Å². The summed E-state index contributed by atoms with van der Waals surface area (Å²) in [5.74, 6) is 0.303. The van der Waals surface area contributed by atoms with Gasteiger partial charge in [0.1, 0.15) is 0 Å². The van der Waals surface area contributed by atoms with Gasteiger partial charge in [0.25, 0.3) is 5.91 Å². The second-order valence-corrected chi connectivity index (χ2v) is 9.52. The van der Waals surface area contributed by atoms with Gasteiger partial charge in [-0.3, -0.25) is 19.4 Å². The number of fused-ring (bicyclic) bond motifs is 1. The first-order chi connectivity index (χ1) is 16.3. The van der Waals surface area contributed by atoms with E-state index >= 15 is 0 Å². The van der Waals surface area contributed by atoms with Crippen LogP contribution in [0.3, 0.4) is 0 Å². The zero-order chi connectivity index (χ0) is 24.1. The SMILES string of the molecule is CC(C)n1nc(OC(C)(C)C(=O)NCCc2ccccn2)c2cc(CN3CCOCC3)ccc21. The van der Waals surface area contributed by atoms with Crippen molar-refractivity contribution in [3.8, 4) is 5.88 Å². The van der Waals surface area contributed by atoms with Crippen LogP contribution >= 0.6 is 0 Å². The summed E-state index contributed by atoms with van der Waals surface area (Å²) in [6.07, 6.45) is 2.42. The number of rotatable bonds is 9. The van der Waals surface area contributed by atoms with Gasteiger partial charge in [0.2, 0.25) is 5.88 Å². The Kier molecular flexibility index (Phi) is 7.48. The number of nitrogens with one attached hydrogen (secondary N) is 1. The highest BCUT2D eigenvalue weighted by molar-refractivity contribution is 5.88. The van der Waals surface area contributed by atoms with Crippen molar-refractivity contribution in [1.82, 2.24) is 25.0 Å². The van der Waals surface area contributed by atoms with Gasteiger partial charge in [0.15, 0.2) is 5.60 Å². The minimum Gasteiger partial charge on any atom is -0.460 e. The average Bonchev–Trinajstić information content (AvgIpc) is 3.18. The molecule has 8 heteroatoms. The Labute approximate surface area is 201 Å². The lowest BCUT2D eigenvalue weighted by Gasteiger charge is -2.26. The van der Waals surface area contributed by atoms with Gasteiger partial charge >= 0.3 is 0 Å². The third-order valence-electron chi connectivity index (χ3n) is 6.03. The minimum atomic E-state index is -1.08. The topological polar surface area (TPSA) is 81.5 Å². The van der Waals surface area contributed by atoms with E-state index < -0.39 is 5.60 Å². The highest BCUT2D eigenvalue weighted by Crippen LogP contribution is 2.31. The van der Waals surface area contributed by atoms with Crippen LogP contribution in [0, 0.1) is 0 Å². The van der Waals surface area contributed by atoms with Crippen LogP contribution in [0.1, 0.15) is 45.0 Å². The highest BCUT2D eigenvalue weighted by atomic mass is 16.5. The Balaban J connectivity index is 1.50. The van der Waals surface area contributed by atoms with Gasteiger partial charge in [-0.05, 0) is 57.5 Å². The molecule has 1 aliphatic heterocycles. The van der Waals surface area contributed by atoms with Crippen LogP contribution in [0.5, 0.6) is 5.88 Å². The molecule has 1 aromatic carbocycles. The second-order valence-electron chi connectivity index (χ2n) is 9.52. The summed E-state index contributed by atoms with van der Waals surface area (Å²) in [4.78, 5) is 19.6. The molecule has 0 aliphatic carbocycles. The molecule has 0 unspecified atom stereocenters. The standard InChI is InChI=1S/C26H35N5O3/c1-19(2)31-23-9-8-20(18-30-13-15-33-16-14-30)17-22(23)24(29-31)34-26(3,4)25(32)28-12-10-21-7-5-6-11-27-21/h5-9,11,17,19H,10,12-16,18H2,1-4H3,(H,28,32). The van der Waals surface area contributed by atoms with Gasteiger partial charge in [-0.15, -0.1) is 5.10 Å². The maximum absolute atomic E-state index is 13.0. The van der Waals surface area contributed by atoms with Gasteiger partial charge in [-0.25, -0.2) is 0 Å². The molecule has 0 bridgehead atoms. The number of pyridine rings is 1. The van der Waals surface area contributed by atoms with E-state index in [4.69, 9.17) is 14.6 Å². The summed E-state index contributed by atoms with van der Waals surface area (Å²) >= 11 is 0. The van der Waals surface area contributed by atoms with Crippen LogP contribution in [0.25, 0.3) is 10.9 Å². The monoisotopic (exact) mass is 465 g/mol. The first-order valence-electron chi connectivity index (χ1n) is 12.0. The van der Waals surface area contributed by atoms with Crippen molar-refractivity contribution < 1.29 is 14.3 Å². The number of carbonyl (C=O) groups is 1. The van der Waals surface area contributed by atoms with Gasteiger partial charge in [0, 0.05) is 50.5 Å². The molecule has 1 fully saturated rings.